The number of hydrogen-bond acceptors (Lipinski definition) is 7. The van der Waals surface area contributed by atoms with Crippen LogP contribution < -0.4 is 10.5 Å². The van der Waals surface area contributed by atoms with E-state index in [2.05, 4.69) is 30.4 Å². The molecule has 0 aliphatic heterocycles. The van der Waals surface area contributed by atoms with Gasteiger partial charge in [-0.1, -0.05) is 5.21 Å². The minimum absolute atomic E-state index is 0.159. The van der Waals surface area contributed by atoms with Crippen molar-refractivity contribution in [2.45, 2.75) is 38.3 Å². The van der Waals surface area contributed by atoms with Gasteiger partial charge >= 0.3 is 0 Å². The molecule has 2 rings (SSSR count). The highest BCUT2D eigenvalue weighted by Crippen LogP contribution is 2.21. The van der Waals surface area contributed by atoms with Gasteiger partial charge in [-0.3, -0.25) is 4.68 Å². The minimum Gasteiger partial charge on any atom is -0.329 e. The molecule has 2 aromatic rings. The van der Waals surface area contributed by atoms with Gasteiger partial charge in [-0.15, -0.1) is 10.2 Å². The van der Waals surface area contributed by atoms with E-state index in [9.17, 15) is 8.42 Å². The van der Waals surface area contributed by atoms with Gasteiger partial charge < -0.3 is 5.73 Å². The van der Waals surface area contributed by atoms with Crippen LogP contribution in [-0.4, -0.2) is 45.4 Å². The highest BCUT2D eigenvalue weighted by atomic mass is 32.2. The Hall–Kier alpha value is -1.85. The zero-order valence-electron chi connectivity index (χ0n) is 12.0. The first-order valence-corrected chi connectivity index (χ1v) is 7.85. The normalized spacial score (nSPS) is 13.5. The Balaban J connectivity index is 2.32. The van der Waals surface area contributed by atoms with E-state index in [1.54, 1.807) is 25.5 Å². The number of sulfonamides is 1. The molecule has 116 valence electrons. The lowest BCUT2D eigenvalue weighted by Crippen LogP contribution is -2.28. The summed E-state index contributed by atoms with van der Waals surface area (Å²) in [7, 11) is -3.74. The molecule has 0 radical (unpaired) electrons. The predicted molar refractivity (Wildman–Crippen MR) is 73.7 cm³/mol. The number of tetrazole rings is 1. The number of aromatic nitrogens is 6. The van der Waals surface area contributed by atoms with Gasteiger partial charge in [0.2, 0.25) is 10.0 Å². The number of nitrogens with one attached hydrogen (secondary N) is 2. The fraction of sp³-hybridized carbons (Fsp3) is 0.600. The number of hydrogen-bond donors (Lipinski definition) is 3. The largest absolute Gasteiger partial charge is 0.329 e. The number of rotatable bonds is 6. The van der Waals surface area contributed by atoms with Crippen molar-refractivity contribution < 1.29 is 8.42 Å². The second kappa shape index (κ2) is 5.87. The zero-order chi connectivity index (χ0) is 15.6. The number of aryl methyl sites for hydroxylation is 1. The van der Waals surface area contributed by atoms with E-state index >= 15 is 0 Å². The van der Waals surface area contributed by atoms with Crippen LogP contribution >= 0.6 is 0 Å². The van der Waals surface area contributed by atoms with Gasteiger partial charge in [-0.25, -0.2) is 13.1 Å². The third-order valence-corrected chi connectivity index (χ3v) is 4.80. The quantitative estimate of drug-likeness (QED) is 0.620. The van der Waals surface area contributed by atoms with Gasteiger partial charge in [0.1, 0.15) is 4.90 Å². The van der Waals surface area contributed by atoms with Crippen LogP contribution in [0.15, 0.2) is 4.90 Å². The molecule has 11 heteroatoms. The van der Waals surface area contributed by atoms with E-state index in [0.29, 0.717) is 24.5 Å². The third kappa shape index (κ3) is 3.09. The zero-order valence-corrected chi connectivity index (χ0v) is 12.8. The van der Waals surface area contributed by atoms with E-state index in [1.165, 1.54) is 0 Å². The van der Waals surface area contributed by atoms with Gasteiger partial charge in [0.05, 0.1) is 24.0 Å². The Morgan fingerprint density at radius 1 is 1.43 bits per heavy atom. The average molecular weight is 314 g/mol. The van der Waals surface area contributed by atoms with Gasteiger partial charge in [0, 0.05) is 6.54 Å². The van der Waals surface area contributed by atoms with E-state index in [-0.39, 0.29) is 10.7 Å². The molecule has 0 aliphatic rings. The molecule has 2 aromatic heterocycles. The smallest absolute Gasteiger partial charge is 0.244 e. The summed E-state index contributed by atoms with van der Waals surface area (Å²) in [5, 5.41) is 17.4. The predicted octanol–water partition coefficient (Wildman–Crippen LogP) is -0.989. The first kappa shape index (κ1) is 15.5. The van der Waals surface area contributed by atoms with Crippen LogP contribution in [0.3, 0.4) is 0 Å². The lowest BCUT2D eigenvalue weighted by molar-refractivity contribution is 0.557. The Labute approximate surface area is 122 Å². The molecule has 2 heterocycles. The Morgan fingerprint density at radius 3 is 2.71 bits per heavy atom. The van der Waals surface area contributed by atoms with Gasteiger partial charge in [0.25, 0.3) is 0 Å². The molecule has 21 heavy (non-hydrogen) atoms. The summed E-state index contributed by atoms with van der Waals surface area (Å²) < 4.78 is 29.1. The fourth-order valence-electron chi connectivity index (χ4n) is 2.11. The molecular weight excluding hydrogens is 296 g/mol. The number of nitrogens with zero attached hydrogens (tertiary/aromatic N) is 5. The maximum atomic E-state index is 12.5. The standard InChI is InChI=1S/C10H18N8O2S/c1-6-9(8(3)18(14-6)5-4-11)21(19,20)15-7(2)10-12-16-17-13-10/h7,15H,4-5,11H2,1-3H3,(H,12,13,16,17). The van der Waals surface area contributed by atoms with E-state index in [4.69, 9.17) is 5.73 Å². The Bertz CT molecular complexity index is 706. The summed E-state index contributed by atoms with van der Waals surface area (Å²) in [6.07, 6.45) is 0. The number of aromatic amines is 1. The van der Waals surface area contributed by atoms with Crippen molar-refractivity contribution >= 4 is 10.0 Å². The van der Waals surface area contributed by atoms with Crippen LogP contribution in [-0.2, 0) is 16.6 Å². The van der Waals surface area contributed by atoms with Crippen LogP contribution in [0.25, 0.3) is 0 Å². The maximum Gasteiger partial charge on any atom is 0.244 e. The third-order valence-electron chi connectivity index (χ3n) is 3.01. The number of nitrogens with two attached hydrogens (primary N) is 1. The highest BCUT2D eigenvalue weighted by molar-refractivity contribution is 7.89. The summed E-state index contributed by atoms with van der Waals surface area (Å²) in [5.74, 6) is 0.267. The molecule has 1 unspecified atom stereocenters. The molecule has 0 saturated carbocycles. The lowest BCUT2D eigenvalue weighted by atomic mass is 10.4. The Kier molecular flexibility index (Phi) is 4.34. The van der Waals surface area contributed by atoms with Crippen LogP contribution in [0.4, 0.5) is 0 Å². The molecule has 0 fully saturated rings. The average Bonchev–Trinajstić information content (AvgIpc) is 2.98. The first-order chi connectivity index (χ1) is 9.86. The van der Waals surface area contributed by atoms with Crippen molar-refractivity contribution in [2.24, 2.45) is 5.73 Å². The van der Waals surface area contributed by atoms with Crippen molar-refractivity contribution in [1.82, 2.24) is 35.1 Å². The van der Waals surface area contributed by atoms with Crippen LogP contribution in [0, 0.1) is 13.8 Å². The van der Waals surface area contributed by atoms with Crippen LogP contribution in [0.5, 0.6) is 0 Å². The summed E-state index contributed by atoms with van der Waals surface area (Å²) in [6.45, 7) is 5.82. The first-order valence-electron chi connectivity index (χ1n) is 6.36. The van der Waals surface area contributed by atoms with Gasteiger partial charge in [-0.2, -0.15) is 10.3 Å². The topological polar surface area (TPSA) is 144 Å². The van der Waals surface area contributed by atoms with Crippen molar-refractivity contribution in [1.29, 1.82) is 0 Å². The van der Waals surface area contributed by atoms with Crippen molar-refractivity contribution in [3.63, 3.8) is 0 Å². The molecular formula is C10H18N8O2S. The molecule has 0 saturated heterocycles. The van der Waals surface area contributed by atoms with Gasteiger partial charge in [0.15, 0.2) is 5.82 Å². The second-order valence-electron chi connectivity index (χ2n) is 4.62. The summed E-state index contributed by atoms with van der Waals surface area (Å²) in [6, 6.07) is -0.606. The second-order valence-corrected chi connectivity index (χ2v) is 6.28. The van der Waals surface area contributed by atoms with E-state index in [1.807, 2.05) is 0 Å². The summed E-state index contributed by atoms with van der Waals surface area (Å²) >= 11 is 0. The molecule has 1 atom stereocenters. The lowest BCUT2D eigenvalue weighted by Gasteiger charge is -2.11. The molecule has 0 aliphatic carbocycles. The molecule has 0 spiro atoms. The molecule has 0 aromatic carbocycles. The minimum atomic E-state index is -3.74. The molecule has 0 bridgehead atoms. The number of H-pyrrole nitrogens is 1. The monoisotopic (exact) mass is 314 g/mol. The Morgan fingerprint density at radius 2 is 2.14 bits per heavy atom. The van der Waals surface area contributed by atoms with E-state index in [0.717, 1.165) is 0 Å². The SMILES string of the molecule is Cc1nn(CCN)c(C)c1S(=O)(=O)NC(C)c1nn[nH]n1. The van der Waals surface area contributed by atoms with Crippen molar-refractivity contribution in [3.05, 3.63) is 17.2 Å². The van der Waals surface area contributed by atoms with Crippen LogP contribution in [0.2, 0.25) is 0 Å². The molecule has 4 N–H and O–H groups in total. The maximum absolute atomic E-state index is 12.5. The molecule has 0 amide bonds. The summed E-state index contributed by atoms with van der Waals surface area (Å²) in [4.78, 5) is 0.159. The van der Waals surface area contributed by atoms with E-state index < -0.39 is 16.1 Å². The van der Waals surface area contributed by atoms with Crippen LogP contribution in [0.1, 0.15) is 30.2 Å². The van der Waals surface area contributed by atoms with Crippen molar-refractivity contribution in [3.8, 4) is 0 Å². The van der Waals surface area contributed by atoms with Crippen molar-refractivity contribution in [2.75, 3.05) is 6.54 Å². The fourth-order valence-corrected chi connectivity index (χ4v) is 3.72. The van der Waals surface area contributed by atoms with Gasteiger partial charge in [-0.05, 0) is 20.8 Å². The summed E-state index contributed by atoms with van der Waals surface area (Å²) in [5.41, 5.74) is 6.46. The molecule has 10 nitrogen and oxygen atoms in total. The highest BCUT2D eigenvalue weighted by Gasteiger charge is 2.27.